The lowest BCUT2D eigenvalue weighted by Crippen LogP contribution is -2.49. The van der Waals surface area contributed by atoms with Gasteiger partial charge in [0.2, 0.25) is 5.91 Å². The molecule has 0 radical (unpaired) electrons. The summed E-state index contributed by atoms with van der Waals surface area (Å²) in [5, 5.41) is 3.16. The molecule has 1 heterocycles. The Labute approximate surface area is 156 Å². The van der Waals surface area contributed by atoms with Gasteiger partial charge in [-0.2, -0.15) is 0 Å². The highest BCUT2D eigenvalue weighted by Gasteiger charge is 2.19. The van der Waals surface area contributed by atoms with Gasteiger partial charge in [-0.3, -0.25) is 9.69 Å². The van der Waals surface area contributed by atoms with Crippen molar-refractivity contribution in [1.82, 2.24) is 15.1 Å². The molecule has 1 amide bonds. The summed E-state index contributed by atoms with van der Waals surface area (Å²) in [5.74, 6) is 0.296. The zero-order chi connectivity index (χ0) is 18.2. The molecule has 26 heavy (non-hydrogen) atoms. The van der Waals surface area contributed by atoms with Gasteiger partial charge in [-0.25, -0.2) is 0 Å². The van der Waals surface area contributed by atoms with Gasteiger partial charge in [-0.15, -0.1) is 0 Å². The minimum atomic E-state index is 0.117. The number of likely N-dealkylation sites (N-methyl/N-ethyl adjacent to an activating group) is 1. The summed E-state index contributed by atoms with van der Waals surface area (Å²) in [6, 6.07) is 20.8. The number of carbonyl (C=O) groups is 1. The first-order valence-electron chi connectivity index (χ1n) is 9.57. The third-order valence-electron chi connectivity index (χ3n) is 5.19. The van der Waals surface area contributed by atoms with E-state index in [0.29, 0.717) is 13.1 Å². The topological polar surface area (TPSA) is 35.6 Å². The highest BCUT2D eigenvalue weighted by atomic mass is 16.2. The first-order chi connectivity index (χ1) is 12.8. The van der Waals surface area contributed by atoms with Crippen LogP contribution >= 0.6 is 0 Å². The third kappa shape index (κ3) is 5.16. The SMILES string of the molecule is CCN1CCN(CC(=O)NCC(c2ccccc2)c2ccccc2)CC1. The van der Waals surface area contributed by atoms with Gasteiger partial charge in [-0.1, -0.05) is 67.6 Å². The molecular formula is C22H29N3O. The molecule has 0 aliphatic carbocycles. The molecule has 0 saturated carbocycles. The molecule has 0 atom stereocenters. The fraction of sp³-hybridized carbons (Fsp3) is 0.409. The number of hydrogen-bond donors (Lipinski definition) is 1. The normalized spacial score (nSPS) is 15.9. The monoisotopic (exact) mass is 351 g/mol. The van der Waals surface area contributed by atoms with E-state index in [4.69, 9.17) is 0 Å². The van der Waals surface area contributed by atoms with Crippen molar-refractivity contribution in [3.8, 4) is 0 Å². The summed E-state index contributed by atoms with van der Waals surface area (Å²) in [6.07, 6.45) is 0. The van der Waals surface area contributed by atoms with Gasteiger partial charge in [0.25, 0.3) is 0 Å². The molecule has 4 heteroatoms. The van der Waals surface area contributed by atoms with Crippen LogP contribution in [0, 0.1) is 0 Å². The van der Waals surface area contributed by atoms with E-state index in [1.165, 1.54) is 11.1 Å². The van der Waals surface area contributed by atoms with Crippen LogP contribution in [0.4, 0.5) is 0 Å². The van der Waals surface area contributed by atoms with E-state index in [1.807, 2.05) is 12.1 Å². The van der Waals surface area contributed by atoms with Crippen LogP contribution in [0.25, 0.3) is 0 Å². The molecule has 1 fully saturated rings. The summed E-state index contributed by atoms with van der Waals surface area (Å²) >= 11 is 0. The highest BCUT2D eigenvalue weighted by Crippen LogP contribution is 2.23. The predicted molar refractivity (Wildman–Crippen MR) is 106 cm³/mol. The van der Waals surface area contributed by atoms with Gasteiger partial charge in [0.05, 0.1) is 6.54 Å². The molecule has 2 aromatic rings. The van der Waals surface area contributed by atoms with E-state index in [2.05, 4.69) is 70.6 Å². The first kappa shape index (κ1) is 18.6. The number of nitrogens with one attached hydrogen (secondary N) is 1. The van der Waals surface area contributed by atoms with Crippen molar-refractivity contribution in [2.24, 2.45) is 0 Å². The molecule has 0 bridgehead atoms. The number of amides is 1. The van der Waals surface area contributed by atoms with E-state index in [0.717, 1.165) is 32.7 Å². The van der Waals surface area contributed by atoms with Crippen molar-refractivity contribution in [2.45, 2.75) is 12.8 Å². The maximum Gasteiger partial charge on any atom is 0.234 e. The molecule has 138 valence electrons. The van der Waals surface area contributed by atoms with Crippen molar-refractivity contribution in [2.75, 3.05) is 45.8 Å². The van der Waals surface area contributed by atoms with Gasteiger partial charge in [0, 0.05) is 38.6 Å². The fourth-order valence-electron chi connectivity index (χ4n) is 3.54. The van der Waals surface area contributed by atoms with Crippen LogP contribution in [0.2, 0.25) is 0 Å². The molecule has 4 nitrogen and oxygen atoms in total. The van der Waals surface area contributed by atoms with Gasteiger partial charge in [-0.05, 0) is 17.7 Å². The lowest BCUT2D eigenvalue weighted by molar-refractivity contribution is -0.122. The molecular weight excluding hydrogens is 322 g/mol. The van der Waals surface area contributed by atoms with Crippen molar-refractivity contribution in [3.63, 3.8) is 0 Å². The van der Waals surface area contributed by atoms with E-state index in [-0.39, 0.29) is 11.8 Å². The van der Waals surface area contributed by atoms with Gasteiger partial charge >= 0.3 is 0 Å². The van der Waals surface area contributed by atoms with E-state index in [9.17, 15) is 4.79 Å². The number of piperazine rings is 1. The van der Waals surface area contributed by atoms with Crippen molar-refractivity contribution < 1.29 is 4.79 Å². The Morgan fingerprint density at radius 2 is 1.38 bits per heavy atom. The Balaban J connectivity index is 1.57. The fourth-order valence-corrected chi connectivity index (χ4v) is 3.54. The third-order valence-corrected chi connectivity index (χ3v) is 5.19. The first-order valence-corrected chi connectivity index (χ1v) is 9.57. The van der Waals surface area contributed by atoms with Gasteiger partial charge in [0.1, 0.15) is 0 Å². The lowest BCUT2D eigenvalue weighted by atomic mass is 9.91. The second-order valence-electron chi connectivity index (χ2n) is 6.89. The maximum absolute atomic E-state index is 12.5. The largest absolute Gasteiger partial charge is 0.354 e. The number of benzene rings is 2. The minimum absolute atomic E-state index is 0.117. The van der Waals surface area contributed by atoms with Crippen LogP contribution < -0.4 is 5.32 Å². The van der Waals surface area contributed by atoms with Crippen LogP contribution in [0.15, 0.2) is 60.7 Å². The average Bonchev–Trinajstić information content (AvgIpc) is 2.70. The number of nitrogens with zero attached hydrogens (tertiary/aromatic N) is 2. The molecule has 2 aromatic carbocycles. The Hall–Kier alpha value is -2.17. The molecule has 1 aliphatic heterocycles. The minimum Gasteiger partial charge on any atom is -0.354 e. The smallest absolute Gasteiger partial charge is 0.234 e. The molecule has 0 unspecified atom stereocenters. The number of carbonyl (C=O) groups excluding carboxylic acids is 1. The molecule has 0 spiro atoms. The van der Waals surface area contributed by atoms with Crippen molar-refractivity contribution >= 4 is 5.91 Å². The second-order valence-corrected chi connectivity index (χ2v) is 6.89. The summed E-state index contributed by atoms with van der Waals surface area (Å²) in [6.45, 7) is 8.46. The standard InChI is InChI=1S/C22H29N3O/c1-2-24-13-15-25(16-14-24)18-22(26)23-17-21(19-9-5-3-6-10-19)20-11-7-4-8-12-20/h3-12,21H,2,13-18H2,1H3,(H,23,26). The van der Waals surface area contributed by atoms with E-state index >= 15 is 0 Å². The molecule has 3 rings (SSSR count). The summed E-state index contributed by atoms with van der Waals surface area (Å²) in [7, 11) is 0. The maximum atomic E-state index is 12.5. The van der Waals surface area contributed by atoms with E-state index in [1.54, 1.807) is 0 Å². The Morgan fingerprint density at radius 1 is 0.885 bits per heavy atom. The zero-order valence-electron chi connectivity index (χ0n) is 15.6. The summed E-state index contributed by atoms with van der Waals surface area (Å²) in [5.41, 5.74) is 2.46. The molecule has 1 aliphatic rings. The highest BCUT2D eigenvalue weighted by molar-refractivity contribution is 5.78. The van der Waals surface area contributed by atoms with E-state index < -0.39 is 0 Å². The zero-order valence-corrected chi connectivity index (χ0v) is 15.6. The molecule has 1 saturated heterocycles. The molecule has 1 N–H and O–H groups in total. The van der Waals surface area contributed by atoms with Gasteiger partial charge in [0.15, 0.2) is 0 Å². The van der Waals surface area contributed by atoms with Crippen molar-refractivity contribution in [1.29, 1.82) is 0 Å². The lowest BCUT2D eigenvalue weighted by Gasteiger charge is -2.33. The Morgan fingerprint density at radius 3 is 1.88 bits per heavy atom. The van der Waals surface area contributed by atoms with Crippen LogP contribution in [-0.2, 0) is 4.79 Å². The Kier molecular flexibility index (Phi) is 6.81. The van der Waals surface area contributed by atoms with Crippen LogP contribution in [0.3, 0.4) is 0 Å². The van der Waals surface area contributed by atoms with Crippen LogP contribution in [0.1, 0.15) is 24.0 Å². The van der Waals surface area contributed by atoms with Crippen molar-refractivity contribution in [3.05, 3.63) is 71.8 Å². The average molecular weight is 351 g/mol. The number of rotatable bonds is 7. The predicted octanol–water partition coefficient (Wildman–Crippen LogP) is 2.57. The van der Waals surface area contributed by atoms with Crippen LogP contribution in [0.5, 0.6) is 0 Å². The molecule has 0 aromatic heterocycles. The number of hydrogen-bond acceptors (Lipinski definition) is 3. The van der Waals surface area contributed by atoms with Gasteiger partial charge < -0.3 is 10.2 Å². The second kappa shape index (κ2) is 9.51. The summed E-state index contributed by atoms with van der Waals surface area (Å²) < 4.78 is 0. The summed E-state index contributed by atoms with van der Waals surface area (Å²) in [4.78, 5) is 17.1. The van der Waals surface area contributed by atoms with Crippen LogP contribution in [-0.4, -0.2) is 61.5 Å². The quantitative estimate of drug-likeness (QED) is 0.833. The Bertz CT molecular complexity index is 627.